The van der Waals surface area contributed by atoms with Gasteiger partial charge in [-0.3, -0.25) is 0 Å². The first kappa shape index (κ1) is 17.4. The van der Waals surface area contributed by atoms with E-state index in [1.54, 1.807) is 7.11 Å². The highest BCUT2D eigenvalue weighted by Gasteiger charge is 2.41. The topological polar surface area (TPSA) is 50.5 Å². The minimum Gasteiger partial charge on any atom is -0.497 e. The van der Waals surface area contributed by atoms with E-state index >= 15 is 0 Å². The maximum absolute atomic E-state index is 6.08. The highest BCUT2D eigenvalue weighted by Crippen LogP contribution is 2.51. The number of fused-ring (bicyclic) bond motifs is 3. The Kier molecular flexibility index (Phi) is 4.54. The van der Waals surface area contributed by atoms with E-state index in [1.807, 2.05) is 17.8 Å². The molecule has 0 aromatic heterocycles. The van der Waals surface area contributed by atoms with Gasteiger partial charge in [-0.15, -0.1) is 11.8 Å². The summed E-state index contributed by atoms with van der Waals surface area (Å²) in [5.74, 6) is 2.68. The summed E-state index contributed by atoms with van der Waals surface area (Å²) < 4.78 is 5.40. The van der Waals surface area contributed by atoms with Gasteiger partial charge in [0.25, 0.3) is 0 Å². The van der Waals surface area contributed by atoms with Gasteiger partial charge in [0.1, 0.15) is 5.75 Å². The normalized spacial score (nSPS) is 23.6. The third-order valence-electron chi connectivity index (χ3n) is 6.28. The van der Waals surface area contributed by atoms with Gasteiger partial charge < -0.3 is 20.7 Å². The van der Waals surface area contributed by atoms with Crippen molar-refractivity contribution in [1.82, 2.24) is 5.32 Å². The largest absolute Gasteiger partial charge is 0.497 e. The molecule has 0 bridgehead atoms. The molecule has 5 rings (SSSR count). The van der Waals surface area contributed by atoms with Crippen LogP contribution in [-0.4, -0.2) is 38.5 Å². The van der Waals surface area contributed by atoms with Crippen molar-refractivity contribution in [2.75, 3.05) is 37.4 Å². The summed E-state index contributed by atoms with van der Waals surface area (Å²) in [5, 5.41) is 3.62. The van der Waals surface area contributed by atoms with Gasteiger partial charge in [-0.05, 0) is 71.7 Å². The van der Waals surface area contributed by atoms with Crippen LogP contribution in [0, 0.1) is 0 Å². The predicted octanol–water partition coefficient (Wildman–Crippen LogP) is 3.58. The van der Waals surface area contributed by atoms with Gasteiger partial charge in [0.2, 0.25) is 0 Å². The van der Waals surface area contributed by atoms with E-state index in [-0.39, 0.29) is 0 Å². The Bertz CT molecular complexity index is 869. The van der Waals surface area contributed by atoms with Crippen LogP contribution < -0.4 is 20.7 Å². The molecule has 0 amide bonds. The number of ether oxygens (including phenoxy) is 1. The average Bonchev–Trinajstić information content (AvgIpc) is 2.88. The molecule has 3 aliphatic heterocycles. The van der Waals surface area contributed by atoms with Crippen LogP contribution >= 0.6 is 11.8 Å². The average molecular weight is 382 g/mol. The standard InChI is InChI=1S/C22H27N3OS/c1-26-16-3-4-17(15(9-16)12-23)14-10-18-19-13-24-6-5-20(19)25-7-2-8-27-21(11-14)22(18)25/h3-4,9-11,19-20,24H,2,5-8,12-13,23H2,1H3/t19-,20-/m0/s1. The van der Waals surface area contributed by atoms with Crippen LogP contribution in [0.3, 0.4) is 0 Å². The molecule has 0 radical (unpaired) electrons. The Morgan fingerprint density at radius 3 is 3.07 bits per heavy atom. The Morgan fingerprint density at radius 1 is 1.30 bits per heavy atom. The fraction of sp³-hybridized carbons (Fsp3) is 0.455. The van der Waals surface area contributed by atoms with Crippen molar-refractivity contribution in [3.05, 3.63) is 41.5 Å². The maximum Gasteiger partial charge on any atom is 0.119 e. The number of methoxy groups -OCH3 is 1. The summed E-state index contributed by atoms with van der Waals surface area (Å²) in [4.78, 5) is 4.17. The predicted molar refractivity (Wildman–Crippen MR) is 113 cm³/mol. The van der Waals surface area contributed by atoms with Crippen molar-refractivity contribution in [1.29, 1.82) is 0 Å². The molecule has 142 valence electrons. The van der Waals surface area contributed by atoms with Crippen LogP contribution in [0.4, 0.5) is 5.69 Å². The number of rotatable bonds is 3. The number of nitrogens with zero attached hydrogens (tertiary/aromatic N) is 1. The monoisotopic (exact) mass is 381 g/mol. The second-order valence-corrected chi connectivity index (χ2v) is 8.84. The Morgan fingerprint density at radius 2 is 2.22 bits per heavy atom. The van der Waals surface area contributed by atoms with E-state index in [9.17, 15) is 0 Å². The van der Waals surface area contributed by atoms with Gasteiger partial charge in [0, 0.05) is 36.5 Å². The number of anilines is 1. The molecule has 2 atom stereocenters. The fourth-order valence-corrected chi connectivity index (χ4v) is 6.10. The number of hydrogen-bond donors (Lipinski definition) is 2. The van der Waals surface area contributed by atoms with Crippen LogP contribution in [0.2, 0.25) is 0 Å². The Hall–Kier alpha value is -1.69. The lowest BCUT2D eigenvalue weighted by molar-refractivity contribution is 0.403. The van der Waals surface area contributed by atoms with E-state index < -0.39 is 0 Å². The van der Waals surface area contributed by atoms with E-state index in [4.69, 9.17) is 10.5 Å². The van der Waals surface area contributed by atoms with Crippen LogP contribution in [0.1, 0.15) is 29.9 Å². The number of thioether (sulfide) groups is 1. The molecule has 3 N–H and O–H groups in total. The minimum absolute atomic E-state index is 0.520. The lowest BCUT2D eigenvalue weighted by Gasteiger charge is -2.33. The van der Waals surface area contributed by atoms with Gasteiger partial charge in [-0.1, -0.05) is 6.07 Å². The number of hydrogen-bond acceptors (Lipinski definition) is 5. The minimum atomic E-state index is 0.520. The first-order valence-electron chi connectivity index (χ1n) is 9.95. The fourth-order valence-electron chi connectivity index (χ4n) is 5.03. The molecule has 5 heteroatoms. The summed E-state index contributed by atoms with van der Waals surface area (Å²) >= 11 is 2.02. The lowest BCUT2D eigenvalue weighted by atomic mass is 9.88. The zero-order chi connectivity index (χ0) is 18.4. The third kappa shape index (κ3) is 2.84. The number of piperidine rings is 1. The van der Waals surface area contributed by atoms with Crippen LogP contribution in [0.15, 0.2) is 35.2 Å². The van der Waals surface area contributed by atoms with Gasteiger partial charge >= 0.3 is 0 Å². The van der Waals surface area contributed by atoms with E-state index in [2.05, 4.69) is 34.5 Å². The van der Waals surface area contributed by atoms with Crippen molar-refractivity contribution in [2.24, 2.45) is 5.73 Å². The molecule has 1 fully saturated rings. The van der Waals surface area contributed by atoms with Crippen LogP contribution in [-0.2, 0) is 6.54 Å². The van der Waals surface area contributed by atoms with Crippen LogP contribution in [0.25, 0.3) is 11.1 Å². The van der Waals surface area contributed by atoms with E-state index in [1.165, 1.54) is 52.4 Å². The maximum atomic E-state index is 6.08. The zero-order valence-corrected chi connectivity index (χ0v) is 16.6. The zero-order valence-electron chi connectivity index (χ0n) is 15.8. The lowest BCUT2D eigenvalue weighted by Crippen LogP contribution is -2.44. The highest BCUT2D eigenvalue weighted by atomic mass is 32.2. The number of nitrogens with two attached hydrogens (primary N) is 1. The molecule has 0 unspecified atom stereocenters. The number of benzene rings is 2. The smallest absolute Gasteiger partial charge is 0.119 e. The summed E-state index contributed by atoms with van der Waals surface area (Å²) in [7, 11) is 1.71. The quantitative estimate of drug-likeness (QED) is 0.851. The molecular weight excluding hydrogens is 354 g/mol. The van der Waals surface area contributed by atoms with Crippen molar-refractivity contribution in [2.45, 2.75) is 36.2 Å². The molecule has 2 aromatic rings. The van der Waals surface area contributed by atoms with Crippen LogP contribution in [0.5, 0.6) is 5.75 Å². The first-order chi connectivity index (χ1) is 13.3. The van der Waals surface area contributed by atoms with E-state index in [0.717, 1.165) is 24.4 Å². The molecule has 3 heterocycles. The summed E-state index contributed by atoms with van der Waals surface area (Å²) in [6, 6.07) is 11.8. The van der Waals surface area contributed by atoms with Gasteiger partial charge in [-0.2, -0.15) is 0 Å². The van der Waals surface area contributed by atoms with Crippen molar-refractivity contribution in [3.63, 3.8) is 0 Å². The second-order valence-electron chi connectivity index (χ2n) is 7.70. The molecule has 0 saturated carbocycles. The SMILES string of the molecule is COc1ccc(-c2cc3c4c(c2)[C@@H]2CNCC[C@@H]2N4CCCS3)c(CN)c1. The van der Waals surface area contributed by atoms with E-state index in [0.29, 0.717) is 18.5 Å². The summed E-state index contributed by atoms with van der Waals surface area (Å²) in [5.41, 5.74) is 12.8. The molecule has 3 aliphatic rings. The van der Waals surface area contributed by atoms with Gasteiger partial charge in [0.15, 0.2) is 0 Å². The Balaban J connectivity index is 1.66. The van der Waals surface area contributed by atoms with Gasteiger partial charge in [0.05, 0.1) is 12.8 Å². The van der Waals surface area contributed by atoms with Crippen molar-refractivity contribution in [3.8, 4) is 16.9 Å². The molecule has 0 spiro atoms. The highest BCUT2D eigenvalue weighted by molar-refractivity contribution is 7.99. The Labute approximate surface area is 165 Å². The first-order valence-corrected chi connectivity index (χ1v) is 10.9. The van der Waals surface area contributed by atoms with Crippen molar-refractivity contribution < 1.29 is 4.74 Å². The second kappa shape index (κ2) is 7.04. The molecule has 1 saturated heterocycles. The molecule has 4 nitrogen and oxygen atoms in total. The van der Waals surface area contributed by atoms with Crippen molar-refractivity contribution >= 4 is 17.4 Å². The molecule has 0 aliphatic carbocycles. The number of nitrogens with one attached hydrogen (secondary N) is 1. The molecule has 27 heavy (non-hydrogen) atoms. The molecular formula is C22H27N3OS. The molecule has 2 aromatic carbocycles. The summed E-state index contributed by atoms with van der Waals surface area (Å²) in [6.45, 7) is 3.95. The third-order valence-corrected chi connectivity index (χ3v) is 7.40. The van der Waals surface area contributed by atoms with Gasteiger partial charge in [-0.25, -0.2) is 0 Å². The summed E-state index contributed by atoms with van der Waals surface area (Å²) in [6.07, 6.45) is 2.51.